The number of methoxy groups -OCH3 is 1. The molecule has 0 fully saturated rings. The molecule has 3 rings (SSSR count). The molecule has 1 aromatic carbocycles. The zero-order chi connectivity index (χ0) is 16.1. The van der Waals surface area contributed by atoms with E-state index in [-0.39, 0.29) is 5.91 Å². The molecule has 2 heterocycles. The van der Waals surface area contributed by atoms with Gasteiger partial charge in [-0.1, -0.05) is 6.07 Å². The van der Waals surface area contributed by atoms with Crippen LogP contribution in [0, 0.1) is 0 Å². The fourth-order valence-electron chi connectivity index (χ4n) is 1.92. The van der Waals surface area contributed by atoms with Crippen molar-refractivity contribution in [3.8, 4) is 17.0 Å². The first-order valence-electron chi connectivity index (χ1n) is 6.87. The highest BCUT2D eigenvalue weighted by Crippen LogP contribution is 2.26. The molecule has 4 nitrogen and oxygen atoms in total. The second-order valence-electron chi connectivity index (χ2n) is 4.60. The van der Waals surface area contributed by atoms with Gasteiger partial charge in [-0.2, -0.15) is 0 Å². The van der Waals surface area contributed by atoms with Crippen molar-refractivity contribution in [3.05, 3.63) is 58.1 Å². The molecule has 0 aliphatic carbocycles. The van der Waals surface area contributed by atoms with Crippen molar-refractivity contribution in [1.29, 1.82) is 0 Å². The molecule has 0 saturated carbocycles. The van der Waals surface area contributed by atoms with Gasteiger partial charge in [0, 0.05) is 21.9 Å². The molecule has 23 heavy (non-hydrogen) atoms. The molecule has 3 aromatic rings. The van der Waals surface area contributed by atoms with E-state index in [0.29, 0.717) is 5.13 Å². The number of rotatable bonds is 5. The minimum atomic E-state index is -0.186. The Morgan fingerprint density at radius 3 is 2.74 bits per heavy atom. The summed E-state index contributed by atoms with van der Waals surface area (Å²) in [5, 5.41) is 7.25. The lowest BCUT2D eigenvalue weighted by Crippen LogP contribution is -2.07. The number of carbonyl (C=O) groups is 1. The van der Waals surface area contributed by atoms with Gasteiger partial charge in [0.2, 0.25) is 5.91 Å². The van der Waals surface area contributed by atoms with Crippen molar-refractivity contribution in [2.75, 3.05) is 12.4 Å². The van der Waals surface area contributed by atoms with Crippen molar-refractivity contribution in [2.24, 2.45) is 0 Å². The number of anilines is 1. The van der Waals surface area contributed by atoms with Gasteiger partial charge in [0.1, 0.15) is 5.75 Å². The van der Waals surface area contributed by atoms with Gasteiger partial charge < -0.3 is 4.74 Å². The maximum Gasteiger partial charge on any atom is 0.250 e. The van der Waals surface area contributed by atoms with Gasteiger partial charge in [0.15, 0.2) is 5.13 Å². The Morgan fingerprint density at radius 2 is 2.04 bits per heavy atom. The Kier molecular flexibility index (Phi) is 4.85. The minimum Gasteiger partial charge on any atom is -0.497 e. The summed E-state index contributed by atoms with van der Waals surface area (Å²) in [5.74, 6) is 0.616. The summed E-state index contributed by atoms with van der Waals surface area (Å²) in [7, 11) is 1.63. The molecule has 2 aromatic heterocycles. The van der Waals surface area contributed by atoms with Gasteiger partial charge in [-0.15, -0.1) is 22.7 Å². The zero-order valence-corrected chi connectivity index (χ0v) is 14.0. The fraction of sp³-hybridized carbons (Fsp3) is 0.0588. The summed E-state index contributed by atoms with van der Waals surface area (Å²) < 4.78 is 5.14. The average Bonchev–Trinajstić information content (AvgIpc) is 3.25. The van der Waals surface area contributed by atoms with Crippen LogP contribution in [0.3, 0.4) is 0 Å². The van der Waals surface area contributed by atoms with Gasteiger partial charge in [-0.25, -0.2) is 4.98 Å². The number of aromatic nitrogens is 1. The quantitative estimate of drug-likeness (QED) is 0.693. The van der Waals surface area contributed by atoms with Crippen LogP contribution >= 0.6 is 22.7 Å². The molecular weight excluding hydrogens is 328 g/mol. The van der Waals surface area contributed by atoms with Crippen LogP contribution in [0.25, 0.3) is 17.3 Å². The van der Waals surface area contributed by atoms with E-state index in [1.54, 1.807) is 24.5 Å². The molecule has 1 N–H and O–H groups in total. The summed E-state index contributed by atoms with van der Waals surface area (Å²) in [6, 6.07) is 11.6. The number of hydrogen-bond donors (Lipinski definition) is 1. The topological polar surface area (TPSA) is 51.2 Å². The molecule has 0 aliphatic heterocycles. The number of hydrogen-bond acceptors (Lipinski definition) is 5. The predicted octanol–water partition coefficient (Wildman–Crippen LogP) is 4.53. The molecule has 1 amide bonds. The number of amides is 1. The van der Waals surface area contributed by atoms with E-state index in [1.807, 2.05) is 47.2 Å². The minimum absolute atomic E-state index is 0.186. The van der Waals surface area contributed by atoms with Crippen molar-refractivity contribution in [3.63, 3.8) is 0 Å². The summed E-state index contributed by atoms with van der Waals surface area (Å²) in [5.41, 5.74) is 1.81. The summed E-state index contributed by atoms with van der Waals surface area (Å²) in [6.07, 6.45) is 3.30. The third-order valence-electron chi connectivity index (χ3n) is 3.06. The van der Waals surface area contributed by atoms with Gasteiger partial charge in [0.25, 0.3) is 0 Å². The number of carbonyl (C=O) groups excluding carboxylic acids is 1. The molecule has 0 saturated heterocycles. The van der Waals surface area contributed by atoms with Crippen LogP contribution in [-0.4, -0.2) is 18.0 Å². The number of thiophene rings is 1. The monoisotopic (exact) mass is 342 g/mol. The molecule has 0 unspecified atom stereocenters. The lowest BCUT2D eigenvalue weighted by molar-refractivity contribution is -0.111. The number of benzene rings is 1. The van der Waals surface area contributed by atoms with Crippen LogP contribution in [0.15, 0.2) is 53.2 Å². The predicted molar refractivity (Wildman–Crippen MR) is 96.1 cm³/mol. The number of nitrogens with zero attached hydrogens (tertiary/aromatic N) is 1. The highest BCUT2D eigenvalue weighted by molar-refractivity contribution is 7.14. The standard InChI is InChI=1S/C17H14N2O2S2/c1-21-13-6-4-12(5-7-13)15-11-23-17(18-15)19-16(20)9-8-14-3-2-10-22-14/h2-11H,1H3,(H,18,19,20)/b9-8+. The van der Waals surface area contributed by atoms with Crippen molar-refractivity contribution >= 4 is 39.8 Å². The van der Waals surface area contributed by atoms with E-state index in [0.717, 1.165) is 21.9 Å². The first-order valence-corrected chi connectivity index (χ1v) is 8.63. The highest BCUT2D eigenvalue weighted by Gasteiger charge is 2.06. The van der Waals surface area contributed by atoms with Crippen molar-refractivity contribution < 1.29 is 9.53 Å². The SMILES string of the molecule is COc1ccc(-c2csc(NC(=O)/C=C/c3cccs3)n2)cc1. The third kappa shape index (κ3) is 4.06. The van der Waals surface area contributed by atoms with E-state index in [9.17, 15) is 4.79 Å². The average molecular weight is 342 g/mol. The van der Waals surface area contributed by atoms with Crippen LogP contribution < -0.4 is 10.1 Å². The Morgan fingerprint density at radius 1 is 1.22 bits per heavy atom. The normalized spacial score (nSPS) is 10.8. The Balaban J connectivity index is 1.65. The van der Waals surface area contributed by atoms with E-state index in [1.165, 1.54) is 17.4 Å². The van der Waals surface area contributed by atoms with Crippen LogP contribution in [0.1, 0.15) is 4.88 Å². The van der Waals surface area contributed by atoms with Crippen LogP contribution in [-0.2, 0) is 4.79 Å². The maximum absolute atomic E-state index is 11.9. The van der Waals surface area contributed by atoms with Gasteiger partial charge in [-0.3, -0.25) is 10.1 Å². The van der Waals surface area contributed by atoms with E-state index in [2.05, 4.69) is 10.3 Å². The molecule has 0 atom stereocenters. The lowest BCUT2D eigenvalue weighted by Gasteiger charge is -2.00. The molecule has 116 valence electrons. The summed E-state index contributed by atoms with van der Waals surface area (Å²) in [4.78, 5) is 17.4. The van der Waals surface area contributed by atoms with E-state index < -0.39 is 0 Å². The lowest BCUT2D eigenvalue weighted by atomic mass is 10.2. The molecule has 0 radical (unpaired) electrons. The Hall–Kier alpha value is -2.44. The molecule has 0 spiro atoms. The molecule has 0 aliphatic rings. The molecule has 0 bridgehead atoms. The highest BCUT2D eigenvalue weighted by atomic mass is 32.1. The largest absolute Gasteiger partial charge is 0.497 e. The number of nitrogens with one attached hydrogen (secondary N) is 1. The van der Waals surface area contributed by atoms with E-state index >= 15 is 0 Å². The maximum atomic E-state index is 11.9. The van der Waals surface area contributed by atoms with Gasteiger partial charge in [-0.05, 0) is 41.8 Å². The second-order valence-corrected chi connectivity index (χ2v) is 6.44. The smallest absolute Gasteiger partial charge is 0.250 e. The molecular formula is C17H14N2O2S2. The van der Waals surface area contributed by atoms with Crippen LogP contribution in [0.2, 0.25) is 0 Å². The summed E-state index contributed by atoms with van der Waals surface area (Å²) in [6.45, 7) is 0. The van der Waals surface area contributed by atoms with Crippen molar-refractivity contribution in [2.45, 2.75) is 0 Å². The van der Waals surface area contributed by atoms with E-state index in [4.69, 9.17) is 4.74 Å². The second kappa shape index (κ2) is 7.21. The Labute approximate surface area is 142 Å². The third-order valence-corrected chi connectivity index (χ3v) is 4.66. The fourth-order valence-corrected chi connectivity index (χ4v) is 3.26. The van der Waals surface area contributed by atoms with Gasteiger partial charge >= 0.3 is 0 Å². The summed E-state index contributed by atoms with van der Waals surface area (Å²) >= 11 is 2.99. The molecule has 6 heteroatoms. The van der Waals surface area contributed by atoms with Crippen molar-refractivity contribution in [1.82, 2.24) is 4.98 Å². The van der Waals surface area contributed by atoms with Crippen LogP contribution in [0.5, 0.6) is 5.75 Å². The first-order chi connectivity index (χ1) is 11.2. The zero-order valence-electron chi connectivity index (χ0n) is 12.4. The first kappa shape index (κ1) is 15.5. The Bertz CT molecular complexity index is 806. The van der Waals surface area contributed by atoms with Crippen LogP contribution in [0.4, 0.5) is 5.13 Å². The van der Waals surface area contributed by atoms with Gasteiger partial charge in [0.05, 0.1) is 12.8 Å². The number of thiazole rings is 1. The number of ether oxygens (including phenoxy) is 1.